The van der Waals surface area contributed by atoms with E-state index >= 15 is 0 Å². The molecule has 0 bridgehead atoms. The van der Waals surface area contributed by atoms with E-state index in [9.17, 15) is 0 Å². The normalized spacial score (nSPS) is 10.2. The number of hydrogen-bond acceptors (Lipinski definition) is 4. The second-order valence-corrected chi connectivity index (χ2v) is 6.96. The molecule has 0 aliphatic rings. The van der Waals surface area contributed by atoms with E-state index in [4.69, 9.17) is 9.47 Å². The highest BCUT2D eigenvalue weighted by atomic mass is 127. The molecule has 3 aromatic rings. The molecule has 2 aromatic carbocycles. The summed E-state index contributed by atoms with van der Waals surface area (Å²) in [7, 11) is 0. The number of hydrogen-bond donors (Lipinski definition) is 1. The Bertz CT molecular complexity index is 1030. The SMILES string of the molecule is CCOc1cc2ncc(C#[N+]I)c(Nc3cccc(Br)c3)c2cc1OCC. The molecule has 0 spiro atoms. The third kappa shape index (κ3) is 4.62. The molecule has 1 aromatic heterocycles. The van der Waals surface area contributed by atoms with Crippen LogP contribution in [0.25, 0.3) is 14.0 Å². The van der Waals surface area contributed by atoms with Gasteiger partial charge in [-0.1, -0.05) is 22.0 Å². The van der Waals surface area contributed by atoms with Gasteiger partial charge >= 0.3 is 28.9 Å². The van der Waals surface area contributed by atoms with Gasteiger partial charge in [-0.2, -0.15) is 0 Å². The summed E-state index contributed by atoms with van der Waals surface area (Å²) in [4.78, 5) is 4.55. The van der Waals surface area contributed by atoms with Crippen LogP contribution in [0.15, 0.2) is 47.1 Å². The third-order valence-electron chi connectivity index (χ3n) is 3.79. The Morgan fingerprint density at radius 2 is 1.89 bits per heavy atom. The zero-order chi connectivity index (χ0) is 19.2. The minimum atomic E-state index is 0.550. The maximum atomic E-state index is 5.79. The van der Waals surface area contributed by atoms with E-state index < -0.39 is 0 Å². The monoisotopic (exact) mass is 538 g/mol. The lowest BCUT2D eigenvalue weighted by molar-refractivity contribution is 0.288. The van der Waals surface area contributed by atoms with Crippen molar-refractivity contribution in [3.05, 3.63) is 55.7 Å². The van der Waals surface area contributed by atoms with Gasteiger partial charge in [-0.3, -0.25) is 4.98 Å². The van der Waals surface area contributed by atoms with Gasteiger partial charge in [0.1, 0.15) is 5.56 Å². The van der Waals surface area contributed by atoms with Crippen molar-refractivity contribution < 1.29 is 9.47 Å². The maximum absolute atomic E-state index is 5.79. The summed E-state index contributed by atoms with van der Waals surface area (Å²) >= 11 is 5.42. The first-order chi connectivity index (χ1) is 13.2. The van der Waals surface area contributed by atoms with Gasteiger partial charge in [0.2, 0.25) is 0 Å². The number of nitrogens with zero attached hydrogens (tertiary/aromatic N) is 2. The molecule has 7 heteroatoms. The number of halogens is 2. The number of benzene rings is 2. The zero-order valence-corrected chi connectivity index (χ0v) is 18.7. The van der Waals surface area contributed by atoms with Gasteiger partial charge in [0, 0.05) is 21.6 Å². The molecule has 5 nitrogen and oxygen atoms in total. The molecule has 1 N–H and O–H groups in total. The van der Waals surface area contributed by atoms with E-state index in [1.54, 1.807) is 6.20 Å². The van der Waals surface area contributed by atoms with Crippen molar-refractivity contribution in [2.75, 3.05) is 18.5 Å². The standard InChI is InChI=1S/C20H17BrIN3O2/c1-3-26-18-9-16-17(10-19(18)27-4-2)23-11-13(12-24-22)20(16)25-15-7-5-6-14(21)8-15/h5-11H,3-4H2,1-2H3/p+1. The highest BCUT2D eigenvalue weighted by molar-refractivity contribution is 14.1. The summed E-state index contributed by atoms with van der Waals surface area (Å²) in [5.74, 6) is 1.38. The first-order valence-corrected chi connectivity index (χ1v) is 10.2. The summed E-state index contributed by atoms with van der Waals surface area (Å²) in [6.07, 6.45) is 1.75. The lowest BCUT2D eigenvalue weighted by Gasteiger charge is -2.15. The summed E-state index contributed by atoms with van der Waals surface area (Å²) in [5, 5.41) is 4.38. The summed E-state index contributed by atoms with van der Waals surface area (Å²) < 4.78 is 16.5. The summed E-state index contributed by atoms with van der Waals surface area (Å²) in [5.41, 5.74) is 3.38. The van der Waals surface area contributed by atoms with E-state index in [1.165, 1.54) is 0 Å². The van der Waals surface area contributed by atoms with Crippen LogP contribution in [-0.4, -0.2) is 18.2 Å². The van der Waals surface area contributed by atoms with Crippen LogP contribution in [0.3, 0.4) is 0 Å². The van der Waals surface area contributed by atoms with E-state index in [2.05, 4.69) is 35.4 Å². The van der Waals surface area contributed by atoms with Gasteiger partial charge in [-0.15, -0.1) is 0 Å². The van der Waals surface area contributed by atoms with Gasteiger partial charge in [0.25, 0.3) is 0 Å². The topological polar surface area (TPSA) is 47.7 Å². The summed E-state index contributed by atoms with van der Waals surface area (Å²) in [6.45, 7) is 5.00. The summed E-state index contributed by atoms with van der Waals surface area (Å²) in [6, 6.07) is 14.8. The fourth-order valence-electron chi connectivity index (χ4n) is 2.71. The van der Waals surface area contributed by atoms with Crippen molar-refractivity contribution in [1.82, 2.24) is 4.98 Å². The fourth-order valence-corrected chi connectivity index (χ4v) is 3.37. The minimum Gasteiger partial charge on any atom is -0.490 e. The van der Waals surface area contributed by atoms with Crippen LogP contribution in [0.5, 0.6) is 11.5 Å². The average Bonchev–Trinajstić information content (AvgIpc) is 2.65. The van der Waals surface area contributed by atoms with Gasteiger partial charge in [0.05, 0.1) is 30.6 Å². The largest absolute Gasteiger partial charge is 0.528 e. The number of anilines is 2. The van der Waals surface area contributed by atoms with Gasteiger partial charge in [-0.25, -0.2) is 0 Å². The average molecular weight is 539 g/mol. The van der Waals surface area contributed by atoms with Crippen molar-refractivity contribution in [2.45, 2.75) is 13.8 Å². The Morgan fingerprint density at radius 1 is 1.15 bits per heavy atom. The molecular weight excluding hydrogens is 521 g/mol. The van der Waals surface area contributed by atoms with Crippen LogP contribution in [-0.2, 0) is 0 Å². The van der Waals surface area contributed by atoms with E-state index in [0.29, 0.717) is 24.7 Å². The van der Waals surface area contributed by atoms with Crippen LogP contribution in [0.1, 0.15) is 19.4 Å². The van der Waals surface area contributed by atoms with Crippen LogP contribution in [0.4, 0.5) is 11.4 Å². The quantitative estimate of drug-likeness (QED) is 0.361. The molecule has 3 rings (SSSR count). The van der Waals surface area contributed by atoms with Crippen LogP contribution >= 0.6 is 38.8 Å². The molecule has 0 atom stereocenters. The molecule has 1 heterocycles. The van der Waals surface area contributed by atoms with Crippen molar-refractivity contribution in [3.8, 4) is 17.6 Å². The smallest absolute Gasteiger partial charge is 0.490 e. The molecule has 138 valence electrons. The van der Waals surface area contributed by atoms with Gasteiger partial charge in [0.15, 0.2) is 11.5 Å². The molecule has 0 unspecified atom stereocenters. The molecule has 0 aliphatic heterocycles. The Labute approximate surface area is 180 Å². The zero-order valence-electron chi connectivity index (χ0n) is 14.9. The van der Waals surface area contributed by atoms with Gasteiger partial charge in [-0.05, 0) is 41.2 Å². The van der Waals surface area contributed by atoms with Crippen LogP contribution in [0, 0.1) is 6.07 Å². The Balaban J connectivity index is 2.21. The fraction of sp³-hybridized carbons (Fsp3) is 0.200. The van der Waals surface area contributed by atoms with Crippen LogP contribution in [0.2, 0.25) is 0 Å². The van der Waals surface area contributed by atoms with Crippen molar-refractivity contribution >= 4 is 61.1 Å². The maximum Gasteiger partial charge on any atom is 0.528 e. The molecule has 0 fully saturated rings. The molecular formula is C20H18BrIN3O2+. The number of pyridine rings is 1. The highest BCUT2D eigenvalue weighted by Gasteiger charge is 2.16. The van der Waals surface area contributed by atoms with Crippen molar-refractivity contribution in [1.29, 1.82) is 0 Å². The molecule has 0 saturated heterocycles. The second kappa shape index (κ2) is 9.24. The highest BCUT2D eigenvalue weighted by Crippen LogP contribution is 2.37. The molecule has 0 aliphatic carbocycles. The Hall–Kier alpha value is -2.05. The van der Waals surface area contributed by atoms with E-state index in [1.807, 2.05) is 73.1 Å². The number of ether oxygens (including phenoxy) is 2. The van der Waals surface area contributed by atoms with Gasteiger partial charge < -0.3 is 14.8 Å². The van der Waals surface area contributed by atoms with Crippen molar-refractivity contribution in [3.63, 3.8) is 0 Å². The second-order valence-electron chi connectivity index (χ2n) is 5.56. The predicted octanol–water partition coefficient (Wildman–Crippen LogP) is 6.57. The number of fused-ring (bicyclic) bond motifs is 1. The molecule has 0 saturated carbocycles. The lowest BCUT2D eigenvalue weighted by Crippen LogP contribution is -2.01. The van der Waals surface area contributed by atoms with E-state index in [0.717, 1.165) is 32.3 Å². The number of nitrogens with one attached hydrogen (secondary N) is 1. The number of aromatic nitrogens is 1. The Kier molecular flexibility index (Phi) is 6.74. The van der Waals surface area contributed by atoms with Crippen LogP contribution < -0.4 is 14.8 Å². The first-order valence-electron chi connectivity index (χ1n) is 8.48. The van der Waals surface area contributed by atoms with Crippen molar-refractivity contribution in [2.24, 2.45) is 0 Å². The predicted molar refractivity (Wildman–Crippen MR) is 122 cm³/mol. The first kappa shape index (κ1) is 19.7. The number of rotatable bonds is 6. The molecule has 27 heavy (non-hydrogen) atoms. The molecule has 0 radical (unpaired) electrons. The van der Waals surface area contributed by atoms with E-state index in [-0.39, 0.29) is 0 Å². The third-order valence-corrected chi connectivity index (χ3v) is 4.52. The lowest BCUT2D eigenvalue weighted by atomic mass is 10.1. The Morgan fingerprint density at radius 3 is 2.56 bits per heavy atom. The molecule has 0 amide bonds. The minimum absolute atomic E-state index is 0.550.